The fraction of sp³-hybridized carbons (Fsp3) is 0.100. The highest BCUT2D eigenvalue weighted by atomic mass is 19.2. The van der Waals surface area contributed by atoms with Gasteiger partial charge in [0.1, 0.15) is 0 Å². The Morgan fingerprint density at radius 2 is 0.554 bits per heavy atom. The molecular weight excluding hydrogens is 762 g/mol. The van der Waals surface area contributed by atoms with E-state index in [1.165, 1.54) is 24.3 Å². The lowest BCUT2D eigenvalue weighted by Gasteiger charge is -2.30. The number of imide groups is 2. The highest BCUT2D eigenvalue weighted by Gasteiger charge is 2.38. The van der Waals surface area contributed by atoms with E-state index in [1.807, 2.05) is 0 Å². The first kappa shape index (κ1) is 35.1. The maximum atomic E-state index is 14.4. The largest absolute Gasteiger partial charge is 0.274 e. The molecule has 0 aromatic heterocycles. The van der Waals surface area contributed by atoms with E-state index >= 15 is 0 Å². The third kappa shape index (κ3) is 4.46. The molecule has 2 aliphatic heterocycles. The molecule has 0 bridgehead atoms. The zero-order valence-electron chi connectivity index (χ0n) is 27.8. The standard InChI is InChI=1S/C40H16F10N2O4/c41-27-21(28(42)32(46)35(49)31(27)45)9-11-51-37(53)17-5-1-13-14-2-6-19-26-20(8-4-16(24(14)26)15-3-7-18(38(51)54)25(17)23(13)15)40(56)52(39(19)55)12-10-22-29(43)33(47)36(50)34(48)30(22)44/h1-8H,9-12H2. The van der Waals surface area contributed by atoms with Crippen LogP contribution in [0.15, 0.2) is 48.5 Å². The molecule has 2 aliphatic rings. The number of amides is 4. The molecule has 0 aliphatic carbocycles. The van der Waals surface area contributed by atoms with Crippen molar-refractivity contribution < 1.29 is 63.1 Å². The summed E-state index contributed by atoms with van der Waals surface area (Å²) in [4.78, 5) is 56.3. The molecule has 0 unspecified atom stereocenters. The minimum Gasteiger partial charge on any atom is -0.274 e. The molecule has 0 radical (unpaired) electrons. The number of rotatable bonds is 6. The molecule has 7 aromatic rings. The lowest BCUT2D eigenvalue weighted by Crippen LogP contribution is -2.42. The van der Waals surface area contributed by atoms with Crippen LogP contribution in [0.3, 0.4) is 0 Å². The molecule has 16 heteroatoms. The second-order valence-electron chi connectivity index (χ2n) is 13.3. The lowest BCUT2D eigenvalue weighted by atomic mass is 9.82. The van der Waals surface area contributed by atoms with Crippen molar-refractivity contribution in [1.29, 1.82) is 0 Å². The van der Waals surface area contributed by atoms with Crippen molar-refractivity contribution in [1.82, 2.24) is 9.80 Å². The van der Waals surface area contributed by atoms with Crippen LogP contribution >= 0.6 is 0 Å². The van der Waals surface area contributed by atoms with Gasteiger partial charge in [0.05, 0.1) is 0 Å². The van der Waals surface area contributed by atoms with E-state index in [1.54, 1.807) is 24.3 Å². The van der Waals surface area contributed by atoms with Gasteiger partial charge in [0, 0.05) is 57.2 Å². The van der Waals surface area contributed by atoms with Gasteiger partial charge < -0.3 is 0 Å². The van der Waals surface area contributed by atoms with Crippen molar-refractivity contribution in [2.75, 3.05) is 13.1 Å². The first-order valence-corrected chi connectivity index (χ1v) is 16.6. The summed E-state index contributed by atoms with van der Waals surface area (Å²) in [5, 5.41) is 3.26. The third-order valence-electron chi connectivity index (χ3n) is 10.6. The average molecular weight is 779 g/mol. The highest BCUT2D eigenvalue weighted by Crippen LogP contribution is 2.46. The maximum absolute atomic E-state index is 14.4. The summed E-state index contributed by atoms with van der Waals surface area (Å²) < 4.78 is 140. The van der Waals surface area contributed by atoms with E-state index in [4.69, 9.17) is 0 Å². The predicted molar refractivity (Wildman–Crippen MR) is 178 cm³/mol. The number of hydrogen-bond acceptors (Lipinski definition) is 4. The molecule has 0 N–H and O–H groups in total. The second kappa shape index (κ2) is 12.0. The number of carbonyl (C=O) groups excluding carboxylic acids is 4. The summed E-state index contributed by atoms with van der Waals surface area (Å²) in [6.07, 6.45) is -1.77. The summed E-state index contributed by atoms with van der Waals surface area (Å²) in [6, 6.07) is 11.8. The summed E-state index contributed by atoms with van der Waals surface area (Å²) in [5.74, 6) is -25.3. The van der Waals surface area contributed by atoms with Crippen molar-refractivity contribution in [3.05, 3.63) is 140 Å². The number of benzene rings is 7. The van der Waals surface area contributed by atoms with Gasteiger partial charge in [-0.15, -0.1) is 0 Å². The minimum atomic E-state index is -2.35. The second-order valence-corrected chi connectivity index (χ2v) is 13.3. The molecule has 9 rings (SSSR count). The van der Waals surface area contributed by atoms with E-state index in [2.05, 4.69) is 0 Å². The fourth-order valence-corrected chi connectivity index (χ4v) is 7.96. The molecule has 0 atom stereocenters. The van der Waals surface area contributed by atoms with Crippen molar-refractivity contribution in [3.63, 3.8) is 0 Å². The molecule has 56 heavy (non-hydrogen) atoms. The number of halogens is 10. The number of fused-ring (bicyclic) bond motifs is 2. The van der Waals surface area contributed by atoms with Gasteiger partial charge in [0.25, 0.3) is 23.6 Å². The maximum Gasteiger partial charge on any atom is 0.261 e. The van der Waals surface area contributed by atoms with E-state index in [9.17, 15) is 63.1 Å². The Bertz CT molecular complexity index is 2660. The van der Waals surface area contributed by atoms with Crippen molar-refractivity contribution in [3.8, 4) is 0 Å². The Morgan fingerprint density at radius 1 is 0.321 bits per heavy atom. The molecular formula is C40H16F10N2O4. The molecule has 4 amide bonds. The molecule has 280 valence electrons. The molecule has 0 spiro atoms. The van der Waals surface area contributed by atoms with E-state index in [0.29, 0.717) is 42.1 Å². The van der Waals surface area contributed by atoms with Gasteiger partial charge >= 0.3 is 0 Å². The Labute approximate surface area is 305 Å². The molecule has 6 nitrogen and oxygen atoms in total. The zero-order valence-corrected chi connectivity index (χ0v) is 27.8. The van der Waals surface area contributed by atoms with E-state index in [-0.39, 0.29) is 33.0 Å². The summed E-state index contributed by atoms with van der Waals surface area (Å²) in [7, 11) is 0. The molecule has 0 saturated carbocycles. The van der Waals surface area contributed by atoms with Gasteiger partial charge in [0.2, 0.25) is 11.6 Å². The normalized spacial score (nSPS) is 14.2. The van der Waals surface area contributed by atoms with E-state index in [0.717, 1.165) is 0 Å². The van der Waals surface area contributed by atoms with Crippen LogP contribution in [0, 0.1) is 58.2 Å². The lowest BCUT2D eigenvalue weighted by molar-refractivity contribution is 0.0596. The van der Waals surface area contributed by atoms with Crippen molar-refractivity contribution in [2.45, 2.75) is 12.8 Å². The molecule has 0 saturated heterocycles. The smallest absolute Gasteiger partial charge is 0.261 e. The minimum absolute atomic E-state index is 0.00134. The summed E-state index contributed by atoms with van der Waals surface area (Å²) in [5.41, 5.74) is -2.39. The molecule has 7 aromatic carbocycles. The van der Waals surface area contributed by atoms with Crippen LogP contribution in [-0.4, -0.2) is 46.5 Å². The summed E-state index contributed by atoms with van der Waals surface area (Å²) >= 11 is 0. The first-order valence-electron chi connectivity index (χ1n) is 16.6. The number of carbonyl (C=O) groups is 4. The topological polar surface area (TPSA) is 74.8 Å². The van der Waals surface area contributed by atoms with Crippen LogP contribution in [0.2, 0.25) is 0 Å². The van der Waals surface area contributed by atoms with Crippen LogP contribution in [0.25, 0.3) is 43.1 Å². The van der Waals surface area contributed by atoms with Gasteiger partial charge in [-0.2, -0.15) is 0 Å². The zero-order chi connectivity index (χ0) is 39.8. The summed E-state index contributed by atoms with van der Waals surface area (Å²) in [6.45, 7) is -1.45. The average Bonchev–Trinajstić information content (AvgIpc) is 3.20. The third-order valence-corrected chi connectivity index (χ3v) is 10.6. The van der Waals surface area contributed by atoms with Crippen LogP contribution in [0.5, 0.6) is 0 Å². The van der Waals surface area contributed by atoms with Crippen LogP contribution in [0.4, 0.5) is 43.9 Å². The van der Waals surface area contributed by atoms with Crippen LogP contribution < -0.4 is 0 Å². The van der Waals surface area contributed by atoms with Gasteiger partial charge in [-0.1, -0.05) is 24.3 Å². The van der Waals surface area contributed by atoms with E-state index < -0.39 is 119 Å². The van der Waals surface area contributed by atoms with Gasteiger partial charge in [-0.3, -0.25) is 29.0 Å². The Morgan fingerprint density at radius 3 is 0.804 bits per heavy atom. The Kier molecular flexibility index (Phi) is 7.50. The van der Waals surface area contributed by atoms with Gasteiger partial charge in [0.15, 0.2) is 46.5 Å². The predicted octanol–water partition coefficient (Wildman–Crippen LogP) is 8.81. The monoisotopic (exact) mass is 778 g/mol. The first-order chi connectivity index (χ1) is 26.6. The Hall–Kier alpha value is -6.58. The van der Waals surface area contributed by atoms with Gasteiger partial charge in [-0.25, -0.2) is 43.9 Å². The fourth-order valence-electron chi connectivity index (χ4n) is 7.96. The molecule has 0 fully saturated rings. The van der Waals surface area contributed by atoms with Crippen LogP contribution in [-0.2, 0) is 12.8 Å². The van der Waals surface area contributed by atoms with Crippen molar-refractivity contribution in [2.24, 2.45) is 0 Å². The SMILES string of the molecule is O=C1c2ccc3c4ccc5c6c(ccc(c7ccc(c2c37)C(=O)N1CCc1c(F)c(F)c(F)c(F)c1F)c64)C(=O)N(CCc1c(F)c(F)c(F)c(F)c1F)C5=O. The van der Waals surface area contributed by atoms with Gasteiger partial charge in [-0.05, 0) is 69.4 Å². The number of hydrogen-bond donors (Lipinski definition) is 0. The highest BCUT2D eigenvalue weighted by molar-refractivity contribution is 6.41. The van der Waals surface area contributed by atoms with Crippen LogP contribution in [0.1, 0.15) is 52.6 Å². The molecule has 2 heterocycles. The van der Waals surface area contributed by atoms with Crippen molar-refractivity contribution >= 4 is 66.7 Å². The number of nitrogens with zero attached hydrogens (tertiary/aromatic N) is 2. The quantitative estimate of drug-likeness (QED) is 0.0423. The Balaban J connectivity index is 1.12.